The number of nitrogens with two attached hydrogens (primary N) is 1. The Labute approximate surface area is 131 Å². The first-order valence-corrected chi connectivity index (χ1v) is 6.92. The number of methoxy groups -OCH3 is 1. The third-order valence-corrected chi connectivity index (χ3v) is 3.84. The van der Waals surface area contributed by atoms with Crippen molar-refractivity contribution in [3.63, 3.8) is 0 Å². The fourth-order valence-corrected chi connectivity index (χ4v) is 2.81. The highest BCUT2D eigenvalue weighted by atomic mass is 19.2. The topological polar surface area (TPSA) is 87.8 Å². The number of hydrogen-bond acceptors (Lipinski definition) is 4. The normalized spacial score (nSPS) is 24.8. The monoisotopic (exact) mass is 333 g/mol. The van der Waals surface area contributed by atoms with E-state index >= 15 is 0 Å². The van der Waals surface area contributed by atoms with E-state index in [0.29, 0.717) is 13.2 Å². The van der Waals surface area contributed by atoms with Gasteiger partial charge in [0.05, 0.1) is 6.61 Å². The van der Waals surface area contributed by atoms with E-state index in [1.165, 1.54) is 7.11 Å². The molecule has 1 aliphatic rings. The van der Waals surface area contributed by atoms with Gasteiger partial charge in [0.2, 0.25) is 0 Å². The van der Waals surface area contributed by atoms with Gasteiger partial charge < -0.3 is 20.9 Å². The van der Waals surface area contributed by atoms with Crippen molar-refractivity contribution in [3.05, 3.63) is 35.1 Å². The summed E-state index contributed by atoms with van der Waals surface area (Å²) >= 11 is 0. The molecule has 1 aromatic rings. The lowest BCUT2D eigenvalue weighted by atomic mass is 9.91. The molecule has 0 aromatic heterocycles. The molecule has 0 aliphatic carbocycles. The number of nitrogens with zero attached hydrogens (tertiary/aromatic N) is 1. The number of aliphatic hydroxyl groups is 1. The molecule has 0 saturated carbocycles. The highest BCUT2D eigenvalue weighted by Crippen LogP contribution is 2.35. The minimum atomic E-state index is -1.82. The molecule has 1 heterocycles. The number of benzene rings is 1. The van der Waals surface area contributed by atoms with Crippen LogP contribution in [0.15, 0.2) is 12.1 Å². The van der Waals surface area contributed by atoms with Crippen LogP contribution in [0.2, 0.25) is 0 Å². The zero-order chi connectivity index (χ0) is 17.2. The molecule has 0 unspecified atom stereocenters. The molecule has 2 atom stereocenters. The Kier molecular flexibility index (Phi) is 5.12. The first-order valence-electron chi connectivity index (χ1n) is 6.92. The zero-order valence-electron chi connectivity index (χ0n) is 12.5. The Bertz CT molecular complexity index is 579. The van der Waals surface area contributed by atoms with Gasteiger partial charge in [-0.15, -0.1) is 0 Å². The van der Waals surface area contributed by atoms with Gasteiger partial charge in [0.15, 0.2) is 23.2 Å². The van der Waals surface area contributed by atoms with Crippen molar-refractivity contribution in [2.75, 3.05) is 33.4 Å². The SMILES string of the molecule is COCCN1C[C@@H](c2cc(F)c(F)c(F)c2)[C@@](O)(NC(N)=O)C1. The predicted molar refractivity (Wildman–Crippen MR) is 75.0 cm³/mol. The summed E-state index contributed by atoms with van der Waals surface area (Å²) in [4.78, 5) is 12.9. The van der Waals surface area contributed by atoms with Gasteiger partial charge in [0, 0.05) is 32.7 Å². The van der Waals surface area contributed by atoms with Gasteiger partial charge in [-0.2, -0.15) is 0 Å². The second-order valence-corrected chi connectivity index (χ2v) is 5.49. The molecular formula is C14H18F3N3O3. The minimum Gasteiger partial charge on any atom is -0.383 e. The summed E-state index contributed by atoms with van der Waals surface area (Å²) in [5.41, 5.74) is 3.27. The number of rotatable bonds is 5. The minimum absolute atomic E-state index is 0.00934. The molecule has 4 N–H and O–H groups in total. The quantitative estimate of drug-likeness (QED) is 0.541. The van der Waals surface area contributed by atoms with E-state index in [1.807, 2.05) is 0 Å². The zero-order valence-corrected chi connectivity index (χ0v) is 12.5. The van der Waals surface area contributed by atoms with Crippen molar-refractivity contribution in [1.82, 2.24) is 10.2 Å². The average Bonchev–Trinajstić information content (AvgIpc) is 2.77. The van der Waals surface area contributed by atoms with Gasteiger partial charge >= 0.3 is 6.03 Å². The molecule has 1 saturated heterocycles. The number of halogens is 3. The number of β-amino-alcohol motifs (C(OH)–C–C–N with tert-alkyl or cyclic N) is 1. The van der Waals surface area contributed by atoms with E-state index in [9.17, 15) is 23.1 Å². The van der Waals surface area contributed by atoms with Crippen molar-refractivity contribution in [2.45, 2.75) is 11.6 Å². The summed E-state index contributed by atoms with van der Waals surface area (Å²) in [7, 11) is 1.51. The molecule has 6 nitrogen and oxygen atoms in total. The van der Waals surface area contributed by atoms with Crippen molar-refractivity contribution < 1.29 is 27.8 Å². The third kappa shape index (κ3) is 3.74. The lowest BCUT2D eigenvalue weighted by Crippen LogP contribution is -2.55. The molecule has 1 aromatic carbocycles. The van der Waals surface area contributed by atoms with Gasteiger partial charge in [-0.05, 0) is 17.7 Å². The maximum Gasteiger partial charge on any atom is 0.314 e. The van der Waals surface area contributed by atoms with Crippen LogP contribution in [0.4, 0.5) is 18.0 Å². The summed E-state index contributed by atoms with van der Waals surface area (Å²) in [5, 5.41) is 12.9. The maximum atomic E-state index is 13.5. The van der Waals surface area contributed by atoms with Gasteiger partial charge in [-0.25, -0.2) is 18.0 Å². The second kappa shape index (κ2) is 6.73. The number of hydrogen-bond donors (Lipinski definition) is 3. The summed E-state index contributed by atoms with van der Waals surface area (Å²) in [6, 6.07) is 0.627. The lowest BCUT2D eigenvalue weighted by molar-refractivity contribution is 0.0118. The molecular weight excluding hydrogens is 315 g/mol. The van der Waals surface area contributed by atoms with Gasteiger partial charge in [0.1, 0.15) is 0 Å². The Morgan fingerprint density at radius 3 is 2.61 bits per heavy atom. The first kappa shape index (κ1) is 17.5. The molecule has 2 amide bonds. The molecule has 0 radical (unpaired) electrons. The molecule has 0 spiro atoms. The van der Waals surface area contributed by atoms with E-state index in [4.69, 9.17) is 10.5 Å². The Hall–Kier alpha value is -1.84. The number of carbonyl (C=O) groups excluding carboxylic acids is 1. The summed E-state index contributed by atoms with van der Waals surface area (Å²) in [6.07, 6.45) is 0. The third-order valence-electron chi connectivity index (χ3n) is 3.84. The van der Waals surface area contributed by atoms with E-state index in [0.717, 1.165) is 12.1 Å². The highest BCUT2D eigenvalue weighted by Gasteiger charge is 2.47. The van der Waals surface area contributed by atoms with Crippen LogP contribution in [-0.4, -0.2) is 55.1 Å². The number of primary amides is 1. The molecule has 1 aliphatic heterocycles. The van der Waals surface area contributed by atoms with Crippen molar-refractivity contribution in [2.24, 2.45) is 5.73 Å². The van der Waals surface area contributed by atoms with Crippen LogP contribution >= 0.6 is 0 Å². The molecule has 9 heteroatoms. The molecule has 2 rings (SSSR count). The van der Waals surface area contributed by atoms with Crippen molar-refractivity contribution >= 4 is 6.03 Å². The van der Waals surface area contributed by atoms with E-state index in [2.05, 4.69) is 5.32 Å². The fourth-order valence-electron chi connectivity index (χ4n) is 2.81. The van der Waals surface area contributed by atoms with Crippen LogP contribution in [0.5, 0.6) is 0 Å². The number of amides is 2. The number of likely N-dealkylation sites (tertiary alicyclic amines) is 1. The maximum absolute atomic E-state index is 13.5. The van der Waals surface area contributed by atoms with Crippen molar-refractivity contribution in [1.29, 1.82) is 0 Å². The Balaban J connectivity index is 2.34. The van der Waals surface area contributed by atoms with Gasteiger partial charge in [0.25, 0.3) is 0 Å². The van der Waals surface area contributed by atoms with Crippen LogP contribution in [0.3, 0.4) is 0 Å². The number of urea groups is 1. The Morgan fingerprint density at radius 2 is 2.09 bits per heavy atom. The van der Waals surface area contributed by atoms with Crippen LogP contribution in [0, 0.1) is 17.5 Å². The molecule has 0 bridgehead atoms. The number of ether oxygens (including phenoxy) is 1. The van der Waals surface area contributed by atoms with E-state index in [1.54, 1.807) is 4.90 Å². The van der Waals surface area contributed by atoms with Crippen LogP contribution in [0.1, 0.15) is 11.5 Å². The van der Waals surface area contributed by atoms with Crippen LogP contribution in [0.25, 0.3) is 0 Å². The van der Waals surface area contributed by atoms with Gasteiger partial charge in [-0.3, -0.25) is 4.90 Å². The highest BCUT2D eigenvalue weighted by molar-refractivity contribution is 5.72. The van der Waals surface area contributed by atoms with E-state index in [-0.39, 0.29) is 18.7 Å². The Morgan fingerprint density at radius 1 is 1.48 bits per heavy atom. The molecule has 1 fully saturated rings. The fraction of sp³-hybridized carbons (Fsp3) is 0.500. The lowest BCUT2D eigenvalue weighted by Gasteiger charge is -2.29. The van der Waals surface area contributed by atoms with Gasteiger partial charge in [-0.1, -0.05) is 0 Å². The van der Waals surface area contributed by atoms with Crippen LogP contribution in [-0.2, 0) is 4.74 Å². The number of nitrogens with one attached hydrogen (secondary N) is 1. The van der Waals surface area contributed by atoms with Crippen LogP contribution < -0.4 is 11.1 Å². The molecule has 23 heavy (non-hydrogen) atoms. The predicted octanol–water partition coefficient (Wildman–Crippen LogP) is 0.506. The van der Waals surface area contributed by atoms with Crippen molar-refractivity contribution in [3.8, 4) is 0 Å². The first-order chi connectivity index (χ1) is 10.8. The van der Waals surface area contributed by atoms with E-state index < -0.39 is 35.1 Å². The number of carbonyl (C=O) groups is 1. The summed E-state index contributed by atoms with van der Waals surface area (Å²) in [6.45, 7) is 0.975. The average molecular weight is 333 g/mol. The summed E-state index contributed by atoms with van der Waals surface area (Å²) < 4.78 is 45.0. The smallest absolute Gasteiger partial charge is 0.314 e. The summed E-state index contributed by atoms with van der Waals surface area (Å²) in [5.74, 6) is -5.20. The largest absolute Gasteiger partial charge is 0.383 e. The second-order valence-electron chi connectivity index (χ2n) is 5.49. The standard InChI is InChI=1S/C14H18F3N3O3/c1-23-3-2-20-6-9(14(22,7-20)19-13(18)21)8-4-10(15)12(17)11(16)5-8/h4-5,9,22H,2-3,6-7H2,1H3,(H3,18,19,21)/t9-,14+/m0/s1. The molecule has 128 valence electrons.